The molecule has 1 aromatic heterocycles. The summed E-state index contributed by atoms with van der Waals surface area (Å²) < 4.78 is 0. The van der Waals surface area contributed by atoms with Gasteiger partial charge in [0.15, 0.2) is 0 Å². The summed E-state index contributed by atoms with van der Waals surface area (Å²) in [6.07, 6.45) is 0.226. The van der Waals surface area contributed by atoms with Crippen molar-refractivity contribution in [2.24, 2.45) is 0 Å². The van der Waals surface area contributed by atoms with Crippen LogP contribution in [0, 0.1) is 0 Å². The van der Waals surface area contributed by atoms with Crippen molar-refractivity contribution in [1.82, 2.24) is 10.6 Å². The Morgan fingerprint density at radius 3 is 2.47 bits per heavy atom. The second-order valence-electron chi connectivity index (χ2n) is 3.20. The van der Waals surface area contributed by atoms with Gasteiger partial charge in [-0.05, 0) is 11.4 Å². The molecule has 0 aliphatic carbocycles. The molecule has 0 aromatic carbocycles. The third-order valence-electron chi connectivity index (χ3n) is 1.80. The minimum atomic E-state index is -1.12. The maximum Gasteiger partial charge on any atom is 0.322 e. The Balaban J connectivity index is 2.19. The first-order chi connectivity index (χ1) is 8.08. The summed E-state index contributed by atoms with van der Waals surface area (Å²) in [7, 11) is 0. The first kappa shape index (κ1) is 13.2. The van der Waals surface area contributed by atoms with Gasteiger partial charge in [-0.15, -0.1) is 11.3 Å². The number of aliphatic carboxylic acids is 1. The number of hydrogen-bond acceptors (Lipinski definition) is 4. The van der Waals surface area contributed by atoms with E-state index in [4.69, 9.17) is 5.11 Å². The largest absolute Gasteiger partial charge is 0.480 e. The summed E-state index contributed by atoms with van der Waals surface area (Å²) in [5.74, 6) is -1.91. The molecule has 0 atom stereocenters. The number of carbonyl (C=O) groups excluding carboxylic acids is 2. The Kier molecular flexibility index (Phi) is 5.15. The maximum atomic E-state index is 11.4. The first-order valence-electron chi connectivity index (χ1n) is 4.85. The van der Waals surface area contributed by atoms with Crippen LogP contribution < -0.4 is 10.6 Å². The molecule has 1 aromatic rings. The van der Waals surface area contributed by atoms with E-state index in [1.165, 1.54) is 11.3 Å². The number of carboxylic acid groups (broad SMARTS) is 1. The van der Waals surface area contributed by atoms with Crippen LogP contribution in [-0.2, 0) is 20.8 Å². The molecular weight excluding hydrogens is 244 g/mol. The van der Waals surface area contributed by atoms with Crippen LogP contribution in [0.1, 0.15) is 4.88 Å². The Morgan fingerprint density at radius 1 is 1.18 bits per heavy atom. The zero-order valence-electron chi connectivity index (χ0n) is 8.93. The monoisotopic (exact) mass is 256 g/mol. The van der Waals surface area contributed by atoms with E-state index in [0.29, 0.717) is 0 Å². The fourth-order valence-electron chi connectivity index (χ4n) is 1.05. The first-order valence-corrected chi connectivity index (χ1v) is 5.73. The number of rotatable bonds is 6. The van der Waals surface area contributed by atoms with Crippen LogP contribution in [-0.4, -0.2) is 36.0 Å². The molecule has 7 heteroatoms. The summed E-state index contributed by atoms with van der Waals surface area (Å²) in [6.45, 7) is -0.656. The van der Waals surface area contributed by atoms with Crippen LogP contribution in [0.2, 0.25) is 0 Å². The van der Waals surface area contributed by atoms with Gasteiger partial charge in [-0.3, -0.25) is 14.4 Å². The SMILES string of the molecule is O=C(O)CNC(=O)CNC(=O)Cc1cccs1. The van der Waals surface area contributed by atoms with E-state index < -0.39 is 18.4 Å². The second kappa shape index (κ2) is 6.64. The van der Waals surface area contributed by atoms with E-state index in [9.17, 15) is 14.4 Å². The van der Waals surface area contributed by atoms with E-state index in [0.717, 1.165) is 4.88 Å². The van der Waals surface area contributed by atoms with E-state index in [-0.39, 0.29) is 18.9 Å². The van der Waals surface area contributed by atoms with Gasteiger partial charge in [-0.25, -0.2) is 0 Å². The molecule has 0 radical (unpaired) electrons. The third-order valence-corrected chi connectivity index (χ3v) is 2.67. The third kappa shape index (κ3) is 5.67. The van der Waals surface area contributed by atoms with Crippen molar-refractivity contribution in [2.45, 2.75) is 6.42 Å². The normalized spacial score (nSPS) is 9.65. The number of carboxylic acids is 1. The molecule has 0 aliphatic heterocycles. The summed E-state index contributed by atoms with van der Waals surface area (Å²) in [6, 6.07) is 3.67. The second-order valence-corrected chi connectivity index (χ2v) is 4.24. The van der Waals surface area contributed by atoms with Crippen molar-refractivity contribution < 1.29 is 19.5 Å². The molecule has 3 N–H and O–H groups in total. The molecule has 1 rings (SSSR count). The van der Waals surface area contributed by atoms with Crippen LogP contribution in [0.3, 0.4) is 0 Å². The lowest BCUT2D eigenvalue weighted by atomic mass is 10.3. The average Bonchev–Trinajstić information content (AvgIpc) is 2.76. The van der Waals surface area contributed by atoms with Crippen molar-refractivity contribution in [3.8, 4) is 0 Å². The van der Waals surface area contributed by atoms with E-state index in [1.54, 1.807) is 0 Å². The summed E-state index contributed by atoms with van der Waals surface area (Å²) in [5, 5.41) is 14.7. The standard InChI is InChI=1S/C10H12N2O4S/c13-8(4-7-2-1-3-17-7)11-5-9(14)12-6-10(15)16/h1-3H,4-6H2,(H,11,13)(H,12,14)(H,15,16). The van der Waals surface area contributed by atoms with Gasteiger partial charge in [0.25, 0.3) is 0 Å². The number of thiophene rings is 1. The highest BCUT2D eigenvalue weighted by molar-refractivity contribution is 7.10. The highest BCUT2D eigenvalue weighted by Gasteiger charge is 2.07. The van der Waals surface area contributed by atoms with Gasteiger partial charge in [0, 0.05) is 4.88 Å². The minimum absolute atomic E-state index is 0.211. The molecule has 92 valence electrons. The number of hydrogen-bond donors (Lipinski definition) is 3. The van der Waals surface area contributed by atoms with Crippen molar-refractivity contribution in [1.29, 1.82) is 0 Å². The molecule has 0 bridgehead atoms. The van der Waals surface area contributed by atoms with Gasteiger partial charge < -0.3 is 15.7 Å². The van der Waals surface area contributed by atoms with E-state index in [2.05, 4.69) is 10.6 Å². The van der Waals surface area contributed by atoms with Crippen molar-refractivity contribution in [3.05, 3.63) is 22.4 Å². The smallest absolute Gasteiger partial charge is 0.322 e. The molecular formula is C10H12N2O4S. The maximum absolute atomic E-state index is 11.4. The summed E-state index contributed by atoms with van der Waals surface area (Å²) in [4.78, 5) is 33.5. The topological polar surface area (TPSA) is 95.5 Å². The number of nitrogens with one attached hydrogen (secondary N) is 2. The Bertz CT molecular complexity index is 402. The zero-order chi connectivity index (χ0) is 12.7. The van der Waals surface area contributed by atoms with Crippen LogP contribution >= 0.6 is 11.3 Å². The average molecular weight is 256 g/mol. The van der Waals surface area contributed by atoms with E-state index in [1.807, 2.05) is 17.5 Å². The van der Waals surface area contributed by atoms with Crippen LogP contribution in [0.15, 0.2) is 17.5 Å². The Morgan fingerprint density at radius 2 is 1.88 bits per heavy atom. The summed E-state index contributed by atoms with van der Waals surface area (Å²) in [5.41, 5.74) is 0. The lowest BCUT2D eigenvalue weighted by molar-refractivity contribution is -0.137. The predicted octanol–water partition coefficient (Wildman–Crippen LogP) is -0.392. The lowest BCUT2D eigenvalue weighted by Crippen LogP contribution is -2.39. The highest BCUT2D eigenvalue weighted by Crippen LogP contribution is 2.08. The Labute approximate surface area is 102 Å². The van der Waals surface area contributed by atoms with Gasteiger partial charge in [0.2, 0.25) is 11.8 Å². The Hall–Kier alpha value is -1.89. The highest BCUT2D eigenvalue weighted by atomic mass is 32.1. The molecule has 0 saturated heterocycles. The van der Waals surface area contributed by atoms with Crippen LogP contribution in [0.4, 0.5) is 0 Å². The van der Waals surface area contributed by atoms with Crippen LogP contribution in [0.25, 0.3) is 0 Å². The van der Waals surface area contributed by atoms with Gasteiger partial charge in [-0.2, -0.15) is 0 Å². The molecule has 6 nitrogen and oxygen atoms in total. The molecule has 0 fully saturated rings. The van der Waals surface area contributed by atoms with Gasteiger partial charge in [-0.1, -0.05) is 6.07 Å². The molecule has 0 saturated carbocycles. The summed E-state index contributed by atoms with van der Waals surface area (Å²) >= 11 is 1.46. The molecule has 1 heterocycles. The predicted molar refractivity (Wildman–Crippen MR) is 61.7 cm³/mol. The van der Waals surface area contributed by atoms with E-state index >= 15 is 0 Å². The van der Waals surface area contributed by atoms with Crippen molar-refractivity contribution >= 4 is 29.1 Å². The number of amides is 2. The van der Waals surface area contributed by atoms with Crippen LogP contribution in [0.5, 0.6) is 0 Å². The zero-order valence-corrected chi connectivity index (χ0v) is 9.75. The minimum Gasteiger partial charge on any atom is -0.480 e. The molecule has 0 unspecified atom stereocenters. The van der Waals surface area contributed by atoms with Gasteiger partial charge in [0.1, 0.15) is 6.54 Å². The van der Waals surface area contributed by atoms with Gasteiger partial charge >= 0.3 is 5.97 Å². The molecule has 0 spiro atoms. The fourth-order valence-corrected chi connectivity index (χ4v) is 1.75. The fraction of sp³-hybridized carbons (Fsp3) is 0.300. The molecule has 0 aliphatic rings. The number of carbonyl (C=O) groups is 3. The molecule has 2 amide bonds. The lowest BCUT2D eigenvalue weighted by Gasteiger charge is -2.04. The van der Waals surface area contributed by atoms with Gasteiger partial charge in [0.05, 0.1) is 13.0 Å². The molecule has 17 heavy (non-hydrogen) atoms. The van der Waals surface area contributed by atoms with Crippen molar-refractivity contribution in [3.63, 3.8) is 0 Å². The van der Waals surface area contributed by atoms with Crippen molar-refractivity contribution in [2.75, 3.05) is 13.1 Å². The quantitative estimate of drug-likeness (QED) is 0.645.